The van der Waals surface area contributed by atoms with Gasteiger partial charge in [0.05, 0.1) is 5.56 Å². The van der Waals surface area contributed by atoms with Crippen molar-refractivity contribution in [2.24, 2.45) is 0 Å². The number of allylic oxidation sites excluding steroid dienone is 1. The standard InChI is InChI=1S/C22H15FN2O/c23-21-9-5-4-8-20(21)22(26)17(15-24)14-16-10-12-19(13-11-16)25-18-6-2-1-3-7-18/h1-14,25H/b17-14+. The number of halogens is 1. The average molecular weight is 342 g/mol. The minimum Gasteiger partial charge on any atom is -0.356 e. The van der Waals surface area contributed by atoms with Crippen molar-refractivity contribution in [2.45, 2.75) is 0 Å². The summed E-state index contributed by atoms with van der Waals surface area (Å²) in [5.74, 6) is -1.27. The van der Waals surface area contributed by atoms with Gasteiger partial charge in [-0.1, -0.05) is 42.5 Å². The summed E-state index contributed by atoms with van der Waals surface area (Å²) in [5, 5.41) is 12.5. The normalized spacial score (nSPS) is 10.8. The van der Waals surface area contributed by atoms with Gasteiger partial charge in [0.15, 0.2) is 0 Å². The lowest BCUT2D eigenvalue weighted by molar-refractivity contribution is 0.103. The van der Waals surface area contributed by atoms with Gasteiger partial charge in [-0.2, -0.15) is 5.26 Å². The molecule has 0 spiro atoms. The van der Waals surface area contributed by atoms with Gasteiger partial charge in [-0.05, 0) is 48.0 Å². The number of anilines is 2. The number of benzene rings is 3. The van der Waals surface area contributed by atoms with Gasteiger partial charge >= 0.3 is 0 Å². The second kappa shape index (κ2) is 7.91. The monoisotopic (exact) mass is 342 g/mol. The molecule has 0 fully saturated rings. The van der Waals surface area contributed by atoms with Crippen LogP contribution in [0.4, 0.5) is 15.8 Å². The molecule has 0 radical (unpaired) electrons. The molecule has 4 heteroatoms. The fraction of sp³-hybridized carbons (Fsp3) is 0. The van der Waals surface area contributed by atoms with E-state index in [1.165, 1.54) is 24.3 Å². The molecule has 0 saturated heterocycles. The summed E-state index contributed by atoms with van der Waals surface area (Å²) in [6, 6.07) is 24.5. The molecule has 3 aromatic rings. The Morgan fingerprint density at radius 3 is 2.15 bits per heavy atom. The van der Waals surface area contributed by atoms with Gasteiger partial charge in [-0.15, -0.1) is 0 Å². The Bertz CT molecular complexity index is 987. The summed E-state index contributed by atoms with van der Waals surface area (Å²) < 4.78 is 13.8. The Kier molecular flexibility index (Phi) is 5.21. The number of nitrogens with zero attached hydrogens (tertiary/aromatic N) is 1. The minimum atomic E-state index is -0.638. The number of carbonyl (C=O) groups is 1. The van der Waals surface area contributed by atoms with E-state index in [4.69, 9.17) is 0 Å². The lowest BCUT2D eigenvalue weighted by Crippen LogP contribution is -2.04. The Labute approximate surface area is 151 Å². The smallest absolute Gasteiger partial charge is 0.206 e. The molecule has 126 valence electrons. The molecule has 0 aliphatic carbocycles. The van der Waals surface area contributed by atoms with Crippen LogP contribution in [0.1, 0.15) is 15.9 Å². The van der Waals surface area contributed by atoms with Gasteiger partial charge in [0.25, 0.3) is 0 Å². The highest BCUT2D eigenvalue weighted by atomic mass is 19.1. The second-order valence-corrected chi connectivity index (χ2v) is 5.59. The highest BCUT2D eigenvalue weighted by molar-refractivity contribution is 6.14. The number of rotatable bonds is 5. The summed E-state index contributed by atoms with van der Waals surface area (Å²) in [5.41, 5.74) is 2.31. The van der Waals surface area contributed by atoms with E-state index < -0.39 is 11.6 Å². The maximum absolute atomic E-state index is 13.8. The molecule has 0 aliphatic heterocycles. The van der Waals surface area contributed by atoms with E-state index in [1.807, 2.05) is 48.5 Å². The quantitative estimate of drug-likeness (QED) is 0.386. The zero-order valence-corrected chi connectivity index (χ0v) is 13.8. The van der Waals surface area contributed by atoms with Crippen molar-refractivity contribution in [3.05, 3.63) is 101 Å². The van der Waals surface area contributed by atoms with E-state index in [2.05, 4.69) is 5.32 Å². The maximum atomic E-state index is 13.8. The Morgan fingerprint density at radius 2 is 1.50 bits per heavy atom. The van der Waals surface area contributed by atoms with Crippen molar-refractivity contribution in [3.63, 3.8) is 0 Å². The van der Waals surface area contributed by atoms with Crippen LogP contribution in [0.3, 0.4) is 0 Å². The topological polar surface area (TPSA) is 52.9 Å². The first-order valence-corrected chi connectivity index (χ1v) is 8.00. The summed E-state index contributed by atoms with van der Waals surface area (Å²) in [6.07, 6.45) is 1.46. The molecule has 1 N–H and O–H groups in total. The third kappa shape index (κ3) is 4.03. The summed E-state index contributed by atoms with van der Waals surface area (Å²) in [6.45, 7) is 0. The fourth-order valence-corrected chi connectivity index (χ4v) is 2.46. The molecule has 3 aromatic carbocycles. The number of para-hydroxylation sites is 1. The molecular formula is C22H15FN2O. The molecule has 0 unspecified atom stereocenters. The molecule has 0 heterocycles. The number of hydrogen-bond donors (Lipinski definition) is 1. The van der Waals surface area contributed by atoms with Gasteiger partial charge < -0.3 is 5.32 Å². The highest BCUT2D eigenvalue weighted by Gasteiger charge is 2.15. The molecule has 26 heavy (non-hydrogen) atoms. The summed E-state index contributed by atoms with van der Waals surface area (Å²) in [4.78, 5) is 12.4. The Morgan fingerprint density at radius 1 is 0.885 bits per heavy atom. The summed E-state index contributed by atoms with van der Waals surface area (Å²) in [7, 11) is 0. The Hall–Kier alpha value is -3.71. The van der Waals surface area contributed by atoms with Crippen LogP contribution in [0.15, 0.2) is 84.4 Å². The van der Waals surface area contributed by atoms with Crippen LogP contribution in [0.2, 0.25) is 0 Å². The van der Waals surface area contributed by atoms with Crippen molar-refractivity contribution in [1.82, 2.24) is 0 Å². The number of ketones is 1. The summed E-state index contributed by atoms with van der Waals surface area (Å²) >= 11 is 0. The van der Waals surface area contributed by atoms with Crippen LogP contribution in [-0.4, -0.2) is 5.78 Å². The van der Waals surface area contributed by atoms with Gasteiger partial charge in [-0.3, -0.25) is 4.79 Å². The van der Waals surface area contributed by atoms with Crippen molar-refractivity contribution in [1.29, 1.82) is 5.26 Å². The van der Waals surface area contributed by atoms with Crippen molar-refractivity contribution in [2.75, 3.05) is 5.32 Å². The third-order valence-corrected chi connectivity index (χ3v) is 3.77. The van der Waals surface area contributed by atoms with E-state index in [-0.39, 0.29) is 11.1 Å². The van der Waals surface area contributed by atoms with Gasteiger partial charge in [-0.25, -0.2) is 4.39 Å². The zero-order valence-electron chi connectivity index (χ0n) is 13.8. The largest absolute Gasteiger partial charge is 0.356 e. The average Bonchev–Trinajstić information content (AvgIpc) is 2.68. The molecule has 0 atom stereocenters. The number of nitrogens with one attached hydrogen (secondary N) is 1. The van der Waals surface area contributed by atoms with Crippen molar-refractivity contribution in [3.8, 4) is 6.07 Å². The molecule has 0 aliphatic rings. The molecule has 3 rings (SSSR count). The second-order valence-electron chi connectivity index (χ2n) is 5.59. The van der Waals surface area contributed by atoms with Crippen LogP contribution in [0.5, 0.6) is 0 Å². The predicted octanol–water partition coefficient (Wildman–Crippen LogP) is 5.36. The Balaban J connectivity index is 1.80. The number of nitriles is 1. The first-order valence-electron chi connectivity index (χ1n) is 8.00. The third-order valence-electron chi connectivity index (χ3n) is 3.77. The van der Waals surface area contributed by atoms with Crippen LogP contribution in [-0.2, 0) is 0 Å². The number of Topliss-reactive ketones (excluding diaryl/α,β-unsaturated/α-hetero) is 1. The maximum Gasteiger partial charge on any atom is 0.206 e. The van der Waals surface area contributed by atoms with Crippen molar-refractivity contribution < 1.29 is 9.18 Å². The lowest BCUT2D eigenvalue weighted by Gasteiger charge is -2.06. The van der Waals surface area contributed by atoms with Gasteiger partial charge in [0, 0.05) is 11.4 Å². The highest BCUT2D eigenvalue weighted by Crippen LogP contribution is 2.19. The number of carbonyl (C=O) groups excluding carboxylic acids is 1. The lowest BCUT2D eigenvalue weighted by atomic mass is 10.0. The molecule has 0 saturated carbocycles. The molecule has 0 bridgehead atoms. The molecule has 0 aromatic heterocycles. The zero-order chi connectivity index (χ0) is 18.4. The molecule has 3 nitrogen and oxygen atoms in total. The van der Waals surface area contributed by atoms with E-state index in [0.29, 0.717) is 5.56 Å². The minimum absolute atomic E-state index is 0.109. The predicted molar refractivity (Wildman–Crippen MR) is 100 cm³/mol. The van der Waals surface area contributed by atoms with Crippen LogP contribution in [0.25, 0.3) is 6.08 Å². The van der Waals surface area contributed by atoms with E-state index in [9.17, 15) is 14.4 Å². The van der Waals surface area contributed by atoms with Gasteiger partial charge in [0.1, 0.15) is 17.5 Å². The van der Waals surface area contributed by atoms with Crippen molar-refractivity contribution >= 4 is 23.2 Å². The van der Waals surface area contributed by atoms with Crippen LogP contribution < -0.4 is 5.32 Å². The first-order chi connectivity index (χ1) is 12.7. The first kappa shape index (κ1) is 17.1. The fourth-order valence-electron chi connectivity index (χ4n) is 2.46. The SMILES string of the molecule is N#C/C(=C\c1ccc(Nc2ccccc2)cc1)C(=O)c1ccccc1F. The van der Waals surface area contributed by atoms with E-state index in [0.717, 1.165) is 11.4 Å². The number of hydrogen-bond acceptors (Lipinski definition) is 3. The van der Waals surface area contributed by atoms with Gasteiger partial charge in [0.2, 0.25) is 5.78 Å². The molecule has 0 amide bonds. The van der Waals surface area contributed by atoms with E-state index >= 15 is 0 Å². The van der Waals surface area contributed by atoms with E-state index in [1.54, 1.807) is 18.2 Å². The van der Waals surface area contributed by atoms with Crippen LogP contribution in [0, 0.1) is 17.1 Å². The molecular weight excluding hydrogens is 327 g/mol. The van der Waals surface area contributed by atoms with Crippen LogP contribution >= 0.6 is 0 Å².